The van der Waals surface area contributed by atoms with Crippen molar-refractivity contribution in [2.24, 2.45) is 5.16 Å². The number of aromatic hydroxyl groups is 1. The molecule has 3 aliphatic rings. The zero-order valence-electron chi connectivity index (χ0n) is 20.9. The lowest BCUT2D eigenvalue weighted by molar-refractivity contribution is -0.156. The Bertz CT molecular complexity index is 1470. The number of oxime groups is 1. The van der Waals surface area contributed by atoms with Crippen LogP contribution in [0.2, 0.25) is 0 Å². The number of amides is 2. The number of nitrogens with zero attached hydrogens (tertiary/aromatic N) is 3. The van der Waals surface area contributed by atoms with Crippen LogP contribution in [0.5, 0.6) is 5.75 Å². The molecule has 2 N–H and O–H groups in total. The molecule has 15 heteroatoms. The number of fused-ring (bicyclic) bond motifs is 5. The molecule has 2 bridgehead atoms. The van der Waals surface area contributed by atoms with Crippen LogP contribution in [0, 0.1) is 11.6 Å². The summed E-state index contributed by atoms with van der Waals surface area (Å²) in [4.78, 5) is 46.4. The van der Waals surface area contributed by atoms with Crippen molar-refractivity contribution in [2.45, 2.75) is 56.6 Å². The van der Waals surface area contributed by atoms with Gasteiger partial charge in [-0.3, -0.25) is 14.4 Å². The van der Waals surface area contributed by atoms with Crippen LogP contribution in [0.15, 0.2) is 34.3 Å². The van der Waals surface area contributed by atoms with Gasteiger partial charge in [0.15, 0.2) is 23.7 Å². The number of halogens is 5. The van der Waals surface area contributed by atoms with E-state index in [-0.39, 0.29) is 36.9 Å². The SMILES string of the molecule is C[C@H]1CC[C@]2(CC(OCC(F)(F)F)=NO2)[C@H]2CN1C(=O)c1c(O)c(=O)c(C(=O)NCc3ccc(F)cc3F)cn12. The minimum atomic E-state index is -4.61. The van der Waals surface area contributed by atoms with Crippen LogP contribution in [0.1, 0.15) is 58.6 Å². The van der Waals surface area contributed by atoms with E-state index in [2.05, 4.69) is 10.5 Å². The molecule has 10 nitrogen and oxygen atoms in total. The summed E-state index contributed by atoms with van der Waals surface area (Å²) in [5.74, 6) is -4.74. The second kappa shape index (κ2) is 9.78. The number of aromatic nitrogens is 1. The summed E-state index contributed by atoms with van der Waals surface area (Å²) in [7, 11) is 0. The quantitative estimate of drug-likeness (QED) is 0.546. The summed E-state index contributed by atoms with van der Waals surface area (Å²) in [5.41, 5.74) is -3.53. The van der Waals surface area contributed by atoms with Crippen molar-refractivity contribution in [1.29, 1.82) is 0 Å². The summed E-state index contributed by atoms with van der Waals surface area (Å²) in [6.45, 7) is -0.271. The van der Waals surface area contributed by atoms with Gasteiger partial charge < -0.3 is 29.5 Å². The number of carbonyl (C=O) groups is 2. The number of rotatable bonds is 4. The first-order valence-electron chi connectivity index (χ1n) is 12.3. The van der Waals surface area contributed by atoms with E-state index in [1.54, 1.807) is 6.92 Å². The number of hydrogen-bond donors (Lipinski definition) is 2. The maximum Gasteiger partial charge on any atom is 0.422 e. The van der Waals surface area contributed by atoms with E-state index in [9.17, 15) is 41.4 Å². The zero-order chi connectivity index (χ0) is 29.0. The van der Waals surface area contributed by atoms with Crippen molar-refractivity contribution < 1.29 is 46.2 Å². The fourth-order valence-electron chi connectivity index (χ4n) is 5.26. The van der Waals surface area contributed by atoms with E-state index in [0.717, 1.165) is 18.3 Å². The second-order valence-corrected chi connectivity index (χ2v) is 9.98. The Hall–Kier alpha value is -4.17. The fourth-order valence-corrected chi connectivity index (χ4v) is 5.26. The number of pyridine rings is 1. The summed E-state index contributed by atoms with van der Waals surface area (Å²) >= 11 is 0. The molecule has 1 spiro atoms. The predicted octanol–water partition coefficient (Wildman–Crippen LogP) is 2.99. The van der Waals surface area contributed by atoms with Gasteiger partial charge in [0.2, 0.25) is 11.3 Å². The molecule has 3 aliphatic heterocycles. The molecular formula is C25H23F5N4O6. The summed E-state index contributed by atoms with van der Waals surface area (Å²) in [6.07, 6.45) is -3.16. The molecule has 214 valence electrons. The zero-order valence-corrected chi connectivity index (χ0v) is 20.9. The van der Waals surface area contributed by atoms with Crippen LogP contribution in [-0.4, -0.2) is 63.3 Å². The van der Waals surface area contributed by atoms with Crippen LogP contribution >= 0.6 is 0 Å². The minimum Gasteiger partial charge on any atom is -0.503 e. The highest BCUT2D eigenvalue weighted by Gasteiger charge is 2.55. The van der Waals surface area contributed by atoms with Crippen molar-refractivity contribution in [2.75, 3.05) is 13.2 Å². The Morgan fingerprint density at radius 1 is 1.30 bits per heavy atom. The van der Waals surface area contributed by atoms with Crippen molar-refractivity contribution in [3.63, 3.8) is 0 Å². The molecule has 0 unspecified atom stereocenters. The third-order valence-electron chi connectivity index (χ3n) is 7.39. The Morgan fingerprint density at radius 2 is 2.05 bits per heavy atom. The van der Waals surface area contributed by atoms with Crippen LogP contribution in [0.3, 0.4) is 0 Å². The highest BCUT2D eigenvalue weighted by molar-refractivity contribution is 5.99. The van der Waals surface area contributed by atoms with Crippen molar-refractivity contribution in [3.05, 3.63) is 63.1 Å². The Balaban J connectivity index is 1.49. The molecule has 2 aromatic rings. The van der Waals surface area contributed by atoms with Gasteiger partial charge in [0.05, 0.1) is 12.5 Å². The summed E-state index contributed by atoms with van der Waals surface area (Å²) in [5, 5.41) is 16.9. The van der Waals surface area contributed by atoms with E-state index in [1.807, 2.05) is 0 Å². The average Bonchev–Trinajstić information content (AvgIpc) is 3.26. The number of nitrogens with one attached hydrogen (secondary N) is 1. The standard InChI is InChI=1S/C25H23F5N4O6/c1-12-4-5-24(7-18(32-40-24)39-11-25(28,29)30)17-10-33(12)23(38)19-21(36)20(35)15(9-34(17)19)22(37)31-8-13-2-3-14(26)6-16(13)27/h2-3,6,9,12,17,36H,4-5,7-8,10-11H2,1H3,(H,31,37)/t12-,17+,24-/m0/s1. The van der Waals surface area contributed by atoms with Gasteiger partial charge in [-0.05, 0) is 25.8 Å². The van der Waals surface area contributed by atoms with E-state index >= 15 is 0 Å². The number of carbonyl (C=O) groups excluding carboxylic acids is 2. The van der Waals surface area contributed by atoms with Crippen molar-refractivity contribution >= 4 is 17.7 Å². The Morgan fingerprint density at radius 3 is 2.75 bits per heavy atom. The van der Waals surface area contributed by atoms with E-state index in [4.69, 9.17) is 9.57 Å². The van der Waals surface area contributed by atoms with Crippen LogP contribution in [-0.2, 0) is 16.1 Å². The molecule has 40 heavy (non-hydrogen) atoms. The molecule has 1 aromatic heterocycles. The van der Waals surface area contributed by atoms with Crippen molar-refractivity contribution in [3.8, 4) is 5.75 Å². The lowest BCUT2D eigenvalue weighted by Crippen LogP contribution is -2.52. The highest BCUT2D eigenvalue weighted by atomic mass is 19.4. The highest BCUT2D eigenvalue weighted by Crippen LogP contribution is 2.46. The second-order valence-electron chi connectivity index (χ2n) is 9.98. The van der Waals surface area contributed by atoms with Crippen molar-refractivity contribution in [1.82, 2.24) is 14.8 Å². The van der Waals surface area contributed by atoms with Crippen LogP contribution < -0.4 is 10.7 Å². The monoisotopic (exact) mass is 570 g/mol. The molecule has 4 heterocycles. The topological polar surface area (TPSA) is 122 Å². The van der Waals surface area contributed by atoms with Gasteiger partial charge in [-0.2, -0.15) is 13.2 Å². The molecule has 1 aromatic carbocycles. The lowest BCUT2D eigenvalue weighted by Gasteiger charge is -2.41. The van der Waals surface area contributed by atoms with Gasteiger partial charge >= 0.3 is 6.18 Å². The largest absolute Gasteiger partial charge is 0.503 e. The maximum absolute atomic E-state index is 14.0. The smallest absolute Gasteiger partial charge is 0.422 e. The Labute approximate surface area is 223 Å². The first-order valence-corrected chi connectivity index (χ1v) is 12.3. The number of ether oxygens (including phenoxy) is 1. The Kier molecular flexibility index (Phi) is 6.70. The normalized spacial score (nSPS) is 23.8. The van der Waals surface area contributed by atoms with Crippen LogP contribution in [0.4, 0.5) is 22.0 Å². The molecule has 0 aliphatic carbocycles. The van der Waals surface area contributed by atoms with Gasteiger partial charge in [-0.25, -0.2) is 8.78 Å². The number of alkyl halides is 3. The lowest BCUT2D eigenvalue weighted by atomic mass is 9.85. The van der Waals surface area contributed by atoms with Gasteiger partial charge in [-0.1, -0.05) is 11.2 Å². The average molecular weight is 570 g/mol. The third kappa shape index (κ3) is 4.84. The minimum absolute atomic E-state index is 0.0147. The molecule has 2 amide bonds. The summed E-state index contributed by atoms with van der Waals surface area (Å²) in [6, 6.07) is 1.47. The third-order valence-corrected chi connectivity index (χ3v) is 7.39. The molecular weight excluding hydrogens is 547 g/mol. The molecule has 3 atom stereocenters. The van der Waals surface area contributed by atoms with E-state index in [0.29, 0.717) is 12.5 Å². The maximum atomic E-state index is 14.0. The van der Waals surface area contributed by atoms with E-state index in [1.165, 1.54) is 9.47 Å². The van der Waals surface area contributed by atoms with Gasteiger partial charge in [0.25, 0.3) is 11.8 Å². The van der Waals surface area contributed by atoms with Gasteiger partial charge in [0.1, 0.15) is 17.2 Å². The predicted molar refractivity (Wildman–Crippen MR) is 127 cm³/mol. The number of hydrogen-bond acceptors (Lipinski definition) is 7. The molecule has 0 saturated carbocycles. The molecule has 1 saturated heterocycles. The summed E-state index contributed by atoms with van der Waals surface area (Å²) < 4.78 is 71.4. The molecule has 5 rings (SSSR count). The van der Waals surface area contributed by atoms with E-state index < -0.39 is 76.9 Å². The fraction of sp³-hybridized carbons (Fsp3) is 0.440. The number of benzene rings is 1. The first-order chi connectivity index (χ1) is 18.8. The van der Waals surface area contributed by atoms with Gasteiger partial charge in [-0.15, -0.1) is 0 Å². The van der Waals surface area contributed by atoms with Gasteiger partial charge in [0, 0.05) is 37.0 Å². The first kappa shape index (κ1) is 27.4. The molecule has 1 fully saturated rings. The molecule has 0 radical (unpaired) electrons. The van der Waals surface area contributed by atoms with Crippen LogP contribution in [0.25, 0.3) is 0 Å².